The quantitative estimate of drug-likeness (QED) is 0.836. The summed E-state index contributed by atoms with van der Waals surface area (Å²) >= 11 is 0. The maximum Gasteiger partial charge on any atom is 0.126 e. The minimum Gasteiger partial charge on any atom is -0.314 e. The SMILES string of the molecule is CC(C)NCC(Cc1ccccc1F)c1cccc(F)c1. The van der Waals surface area contributed by atoms with Crippen LogP contribution in [0.2, 0.25) is 0 Å². The Hall–Kier alpha value is -1.74. The molecule has 0 saturated carbocycles. The van der Waals surface area contributed by atoms with Gasteiger partial charge in [-0.3, -0.25) is 0 Å². The molecule has 0 aliphatic carbocycles. The fourth-order valence-electron chi connectivity index (χ4n) is 2.38. The number of benzene rings is 2. The molecule has 21 heavy (non-hydrogen) atoms. The van der Waals surface area contributed by atoms with Crippen LogP contribution in [0.4, 0.5) is 8.78 Å². The van der Waals surface area contributed by atoms with Crippen LogP contribution >= 0.6 is 0 Å². The molecule has 1 nitrogen and oxygen atoms in total. The summed E-state index contributed by atoms with van der Waals surface area (Å²) in [6.45, 7) is 4.81. The van der Waals surface area contributed by atoms with E-state index in [1.807, 2.05) is 12.1 Å². The summed E-state index contributed by atoms with van der Waals surface area (Å²) in [7, 11) is 0. The highest BCUT2D eigenvalue weighted by Gasteiger charge is 2.15. The Morgan fingerprint density at radius 2 is 1.76 bits per heavy atom. The van der Waals surface area contributed by atoms with Gasteiger partial charge in [0.2, 0.25) is 0 Å². The van der Waals surface area contributed by atoms with E-state index in [4.69, 9.17) is 0 Å². The van der Waals surface area contributed by atoms with E-state index in [9.17, 15) is 8.78 Å². The van der Waals surface area contributed by atoms with Crippen molar-refractivity contribution in [3.8, 4) is 0 Å². The lowest BCUT2D eigenvalue weighted by Gasteiger charge is -2.20. The first-order valence-corrected chi connectivity index (χ1v) is 7.28. The van der Waals surface area contributed by atoms with Gasteiger partial charge in [-0.1, -0.05) is 44.2 Å². The zero-order valence-electron chi connectivity index (χ0n) is 12.4. The van der Waals surface area contributed by atoms with Crippen LogP contribution in [0.3, 0.4) is 0 Å². The van der Waals surface area contributed by atoms with Crippen molar-refractivity contribution in [3.63, 3.8) is 0 Å². The molecule has 1 unspecified atom stereocenters. The number of rotatable bonds is 6. The molecule has 0 fully saturated rings. The largest absolute Gasteiger partial charge is 0.314 e. The summed E-state index contributed by atoms with van der Waals surface area (Å²) in [4.78, 5) is 0. The van der Waals surface area contributed by atoms with Gasteiger partial charge in [0.25, 0.3) is 0 Å². The van der Waals surface area contributed by atoms with Gasteiger partial charge in [0.05, 0.1) is 0 Å². The molecule has 3 heteroatoms. The summed E-state index contributed by atoms with van der Waals surface area (Å²) < 4.78 is 27.3. The zero-order chi connectivity index (χ0) is 15.2. The van der Waals surface area contributed by atoms with Crippen molar-refractivity contribution in [2.45, 2.75) is 32.2 Å². The van der Waals surface area contributed by atoms with E-state index in [0.717, 1.165) is 5.56 Å². The molecule has 2 aromatic rings. The average molecular weight is 289 g/mol. The van der Waals surface area contributed by atoms with Crippen molar-refractivity contribution < 1.29 is 8.78 Å². The molecule has 0 aromatic heterocycles. The van der Waals surface area contributed by atoms with Crippen molar-refractivity contribution in [1.82, 2.24) is 5.32 Å². The molecule has 2 aromatic carbocycles. The molecule has 0 aliphatic rings. The first-order valence-electron chi connectivity index (χ1n) is 7.28. The van der Waals surface area contributed by atoms with E-state index in [2.05, 4.69) is 19.2 Å². The highest BCUT2D eigenvalue weighted by atomic mass is 19.1. The van der Waals surface area contributed by atoms with Crippen molar-refractivity contribution in [1.29, 1.82) is 0 Å². The minimum atomic E-state index is -0.254. The maximum atomic E-state index is 13.8. The van der Waals surface area contributed by atoms with Gasteiger partial charge >= 0.3 is 0 Å². The van der Waals surface area contributed by atoms with Crippen molar-refractivity contribution in [2.75, 3.05) is 6.54 Å². The van der Waals surface area contributed by atoms with Crippen molar-refractivity contribution in [2.24, 2.45) is 0 Å². The van der Waals surface area contributed by atoms with Crippen molar-refractivity contribution >= 4 is 0 Å². The third kappa shape index (κ3) is 4.64. The smallest absolute Gasteiger partial charge is 0.126 e. The molecule has 112 valence electrons. The normalized spacial score (nSPS) is 12.6. The second-order valence-electron chi connectivity index (χ2n) is 5.61. The molecule has 1 atom stereocenters. The molecular weight excluding hydrogens is 268 g/mol. The van der Waals surface area contributed by atoms with Crippen LogP contribution < -0.4 is 5.32 Å². The Bertz CT molecular complexity index is 581. The second-order valence-corrected chi connectivity index (χ2v) is 5.61. The summed E-state index contributed by atoms with van der Waals surface area (Å²) in [6, 6.07) is 13.7. The number of nitrogens with one attached hydrogen (secondary N) is 1. The summed E-state index contributed by atoms with van der Waals surface area (Å²) in [6.07, 6.45) is 0.551. The third-order valence-electron chi connectivity index (χ3n) is 3.52. The first-order chi connectivity index (χ1) is 10.1. The predicted molar refractivity (Wildman–Crippen MR) is 82.4 cm³/mol. The van der Waals surface area contributed by atoms with E-state index in [-0.39, 0.29) is 17.6 Å². The van der Waals surface area contributed by atoms with E-state index in [0.29, 0.717) is 24.6 Å². The summed E-state index contributed by atoms with van der Waals surface area (Å²) in [5.74, 6) is -0.418. The van der Waals surface area contributed by atoms with E-state index in [1.54, 1.807) is 18.2 Å². The molecule has 2 rings (SSSR count). The van der Waals surface area contributed by atoms with Gasteiger partial charge in [0, 0.05) is 18.5 Å². The Kier molecular flexibility index (Phi) is 5.45. The molecule has 0 saturated heterocycles. The Morgan fingerprint density at radius 1 is 1.00 bits per heavy atom. The molecule has 0 heterocycles. The highest BCUT2D eigenvalue weighted by molar-refractivity contribution is 5.26. The summed E-state index contributed by atoms with van der Waals surface area (Å²) in [5, 5.41) is 3.36. The topological polar surface area (TPSA) is 12.0 Å². The van der Waals surface area contributed by atoms with Crippen LogP contribution in [0.5, 0.6) is 0 Å². The van der Waals surface area contributed by atoms with E-state index >= 15 is 0 Å². The van der Waals surface area contributed by atoms with Crippen LogP contribution in [0.25, 0.3) is 0 Å². The lowest BCUT2D eigenvalue weighted by atomic mass is 9.91. The van der Waals surface area contributed by atoms with Gasteiger partial charge in [-0.15, -0.1) is 0 Å². The first kappa shape index (κ1) is 15.6. The lowest BCUT2D eigenvalue weighted by Crippen LogP contribution is -2.29. The Balaban J connectivity index is 2.21. The van der Waals surface area contributed by atoms with Gasteiger partial charge in [-0.05, 0) is 35.7 Å². The monoisotopic (exact) mass is 289 g/mol. The Labute approximate surface area is 125 Å². The van der Waals surface area contributed by atoms with Gasteiger partial charge in [0.15, 0.2) is 0 Å². The molecule has 0 bridgehead atoms. The number of hydrogen-bond donors (Lipinski definition) is 1. The molecule has 1 N–H and O–H groups in total. The fourth-order valence-corrected chi connectivity index (χ4v) is 2.38. The zero-order valence-corrected chi connectivity index (χ0v) is 12.4. The number of halogens is 2. The molecule has 0 radical (unpaired) electrons. The maximum absolute atomic E-state index is 13.8. The molecule has 0 amide bonds. The molecular formula is C18H21F2N. The molecule has 0 aliphatic heterocycles. The Morgan fingerprint density at radius 3 is 2.43 bits per heavy atom. The average Bonchev–Trinajstić information content (AvgIpc) is 2.45. The highest BCUT2D eigenvalue weighted by Crippen LogP contribution is 2.22. The second kappa shape index (κ2) is 7.32. The van der Waals surface area contributed by atoms with Crippen LogP contribution in [0.15, 0.2) is 48.5 Å². The molecule has 0 spiro atoms. The van der Waals surface area contributed by atoms with Gasteiger partial charge in [0.1, 0.15) is 11.6 Å². The number of hydrogen-bond acceptors (Lipinski definition) is 1. The van der Waals surface area contributed by atoms with Crippen molar-refractivity contribution in [3.05, 3.63) is 71.3 Å². The van der Waals surface area contributed by atoms with Gasteiger partial charge < -0.3 is 5.32 Å². The lowest BCUT2D eigenvalue weighted by molar-refractivity contribution is 0.514. The standard InChI is InChI=1S/C18H21F2N/c1-13(2)21-12-16(14-7-5-8-17(19)11-14)10-15-6-3-4-9-18(15)20/h3-9,11,13,16,21H,10,12H2,1-2H3. The van der Waals surface area contributed by atoms with E-state index < -0.39 is 0 Å². The predicted octanol–water partition coefficient (Wildman–Crippen LogP) is 4.29. The van der Waals surface area contributed by atoms with Crippen LogP contribution in [0, 0.1) is 11.6 Å². The third-order valence-corrected chi connectivity index (χ3v) is 3.52. The van der Waals surface area contributed by atoms with Crippen LogP contribution in [-0.4, -0.2) is 12.6 Å². The van der Waals surface area contributed by atoms with Crippen LogP contribution in [-0.2, 0) is 6.42 Å². The summed E-state index contributed by atoms with van der Waals surface area (Å²) in [5.41, 5.74) is 1.56. The van der Waals surface area contributed by atoms with Gasteiger partial charge in [-0.2, -0.15) is 0 Å². The fraction of sp³-hybridized carbons (Fsp3) is 0.333. The van der Waals surface area contributed by atoms with E-state index in [1.165, 1.54) is 18.2 Å². The minimum absolute atomic E-state index is 0.0417. The van der Waals surface area contributed by atoms with Crippen LogP contribution in [0.1, 0.15) is 30.9 Å². The van der Waals surface area contributed by atoms with Gasteiger partial charge in [-0.25, -0.2) is 8.78 Å².